The number of hydrogen-bond acceptors (Lipinski definition) is 7. The smallest absolute Gasteiger partial charge is 0.339 e. The van der Waals surface area contributed by atoms with Gasteiger partial charge < -0.3 is 29.7 Å². The quantitative estimate of drug-likeness (QED) is 0.359. The molecule has 1 aliphatic rings. The highest BCUT2D eigenvalue weighted by Gasteiger charge is 2.21. The molecule has 0 saturated heterocycles. The standard InChI is InChI=1S/C27H30N2O6/c1-33-11-12-34-26-14-19(5-8-23(26)27(31)32)18-6-9-25-20(13-18)4-7-22(35-25)16-29-17-24(30)21-3-2-10-28-15-21/h2-3,5-6,8-10,13-15,22,24,29-30H,4,7,11-12,16-17H2,1H3,(H,31,32)/t22-,24-/m1/s1. The zero-order valence-corrected chi connectivity index (χ0v) is 19.6. The van der Waals surface area contributed by atoms with Gasteiger partial charge in [0.15, 0.2) is 0 Å². The number of fused-ring (bicyclic) bond motifs is 1. The van der Waals surface area contributed by atoms with Crippen LogP contribution < -0.4 is 14.8 Å². The third kappa shape index (κ3) is 6.36. The number of benzene rings is 2. The molecule has 0 saturated carbocycles. The van der Waals surface area contributed by atoms with Crippen LogP contribution in [0.1, 0.15) is 34.0 Å². The summed E-state index contributed by atoms with van der Waals surface area (Å²) < 4.78 is 16.8. The largest absolute Gasteiger partial charge is 0.490 e. The Morgan fingerprint density at radius 3 is 2.80 bits per heavy atom. The molecule has 0 aliphatic carbocycles. The van der Waals surface area contributed by atoms with Gasteiger partial charge in [-0.3, -0.25) is 4.98 Å². The minimum absolute atomic E-state index is 0.0186. The van der Waals surface area contributed by atoms with Crippen LogP contribution in [0.4, 0.5) is 0 Å². The normalized spacial score (nSPS) is 15.7. The van der Waals surface area contributed by atoms with Gasteiger partial charge in [0.25, 0.3) is 0 Å². The van der Waals surface area contributed by atoms with E-state index < -0.39 is 12.1 Å². The van der Waals surface area contributed by atoms with Crippen molar-refractivity contribution in [2.45, 2.75) is 25.0 Å². The number of aromatic nitrogens is 1. The Balaban J connectivity index is 1.38. The molecule has 0 amide bonds. The number of rotatable bonds is 11. The maximum absolute atomic E-state index is 11.6. The highest BCUT2D eigenvalue weighted by molar-refractivity contribution is 5.92. The Labute approximate surface area is 204 Å². The van der Waals surface area contributed by atoms with Gasteiger partial charge in [-0.1, -0.05) is 18.2 Å². The number of nitrogens with one attached hydrogen (secondary N) is 1. The number of methoxy groups -OCH3 is 1. The maximum Gasteiger partial charge on any atom is 0.339 e. The van der Waals surface area contributed by atoms with Crippen molar-refractivity contribution in [1.82, 2.24) is 10.3 Å². The minimum Gasteiger partial charge on any atom is -0.490 e. The lowest BCUT2D eigenvalue weighted by Gasteiger charge is -2.27. The van der Waals surface area contributed by atoms with Crippen LogP contribution in [0.2, 0.25) is 0 Å². The van der Waals surface area contributed by atoms with E-state index in [1.807, 2.05) is 24.3 Å². The fraction of sp³-hybridized carbons (Fsp3) is 0.333. The van der Waals surface area contributed by atoms with Crippen molar-refractivity contribution in [2.24, 2.45) is 0 Å². The molecule has 35 heavy (non-hydrogen) atoms. The SMILES string of the molecule is COCCOc1cc(-c2ccc3c(c2)CC[C@H](CNC[C@@H](O)c2cccnc2)O3)ccc1C(=O)O. The predicted molar refractivity (Wildman–Crippen MR) is 131 cm³/mol. The van der Waals surface area contributed by atoms with Crippen molar-refractivity contribution in [3.8, 4) is 22.6 Å². The van der Waals surface area contributed by atoms with Crippen LogP contribution in [0, 0.1) is 0 Å². The van der Waals surface area contributed by atoms with E-state index in [1.165, 1.54) is 0 Å². The molecule has 0 fully saturated rings. The molecule has 2 atom stereocenters. The highest BCUT2D eigenvalue weighted by Crippen LogP contribution is 2.34. The molecule has 0 unspecified atom stereocenters. The van der Waals surface area contributed by atoms with E-state index in [-0.39, 0.29) is 18.3 Å². The lowest BCUT2D eigenvalue weighted by atomic mass is 9.96. The molecule has 184 valence electrons. The summed E-state index contributed by atoms with van der Waals surface area (Å²) in [4.78, 5) is 15.6. The van der Waals surface area contributed by atoms with Crippen LogP contribution >= 0.6 is 0 Å². The summed E-state index contributed by atoms with van der Waals surface area (Å²) in [7, 11) is 1.57. The number of aromatic carboxylic acids is 1. The van der Waals surface area contributed by atoms with Crippen molar-refractivity contribution < 1.29 is 29.2 Å². The average molecular weight is 479 g/mol. The first-order valence-electron chi connectivity index (χ1n) is 11.6. The van der Waals surface area contributed by atoms with Crippen molar-refractivity contribution in [3.05, 3.63) is 77.6 Å². The van der Waals surface area contributed by atoms with Crippen molar-refractivity contribution in [1.29, 1.82) is 0 Å². The van der Waals surface area contributed by atoms with Gasteiger partial charge in [0.2, 0.25) is 0 Å². The molecule has 8 heteroatoms. The lowest BCUT2D eigenvalue weighted by molar-refractivity contribution is 0.0689. The first-order valence-corrected chi connectivity index (χ1v) is 11.6. The number of carbonyl (C=O) groups is 1. The monoisotopic (exact) mass is 478 g/mol. The number of carboxylic acids is 1. The topological polar surface area (TPSA) is 110 Å². The van der Waals surface area contributed by atoms with Gasteiger partial charge >= 0.3 is 5.97 Å². The molecule has 2 heterocycles. The van der Waals surface area contributed by atoms with E-state index in [9.17, 15) is 15.0 Å². The molecule has 1 aliphatic heterocycles. The summed E-state index contributed by atoms with van der Waals surface area (Å²) in [5, 5.41) is 23.0. The average Bonchev–Trinajstić information content (AvgIpc) is 2.88. The van der Waals surface area contributed by atoms with Gasteiger partial charge in [0.05, 0.1) is 12.7 Å². The van der Waals surface area contributed by atoms with E-state index in [0.29, 0.717) is 25.4 Å². The van der Waals surface area contributed by atoms with Crippen molar-refractivity contribution in [2.75, 3.05) is 33.4 Å². The molecule has 3 N–H and O–H groups in total. The van der Waals surface area contributed by atoms with E-state index >= 15 is 0 Å². The van der Waals surface area contributed by atoms with Crippen molar-refractivity contribution >= 4 is 5.97 Å². The number of nitrogens with zero attached hydrogens (tertiary/aromatic N) is 1. The summed E-state index contributed by atoms with van der Waals surface area (Å²) in [6.07, 6.45) is 4.48. The second-order valence-corrected chi connectivity index (χ2v) is 8.42. The molecule has 2 aromatic carbocycles. The Morgan fingerprint density at radius 2 is 2.03 bits per heavy atom. The Hall–Kier alpha value is -3.46. The van der Waals surface area contributed by atoms with E-state index in [2.05, 4.69) is 16.4 Å². The lowest BCUT2D eigenvalue weighted by Crippen LogP contribution is -2.36. The Kier molecular flexibility index (Phi) is 8.31. The van der Waals surface area contributed by atoms with Crippen LogP contribution in [0.5, 0.6) is 11.5 Å². The number of hydrogen-bond donors (Lipinski definition) is 3. The van der Waals surface area contributed by atoms with Gasteiger partial charge in [-0.15, -0.1) is 0 Å². The fourth-order valence-electron chi connectivity index (χ4n) is 4.07. The maximum atomic E-state index is 11.6. The molecular weight excluding hydrogens is 448 g/mol. The van der Waals surface area contributed by atoms with Gasteiger partial charge in [-0.2, -0.15) is 0 Å². The second kappa shape index (κ2) is 11.8. The Morgan fingerprint density at radius 1 is 1.20 bits per heavy atom. The zero-order valence-electron chi connectivity index (χ0n) is 19.6. The molecule has 1 aromatic heterocycles. The first kappa shape index (κ1) is 24.7. The summed E-state index contributed by atoms with van der Waals surface area (Å²) in [6, 6.07) is 14.8. The molecule has 0 radical (unpaired) electrons. The number of ether oxygens (including phenoxy) is 3. The van der Waals surface area contributed by atoms with Gasteiger partial charge in [-0.25, -0.2) is 4.79 Å². The van der Waals surface area contributed by atoms with Crippen LogP contribution in [-0.2, 0) is 11.2 Å². The predicted octanol–water partition coefficient (Wildman–Crippen LogP) is 3.49. The van der Waals surface area contributed by atoms with Crippen LogP contribution in [0.3, 0.4) is 0 Å². The number of carboxylic acid groups (broad SMARTS) is 1. The number of aliphatic hydroxyl groups is 1. The second-order valence-electron chi connectivity index (χ2n) is 8.42. The minimum atomic E-state index is -1.03. The third-order valence-electron chi connectivity index (χ3n) is 5.96. The van der Waals surface area contributed by atoms with Crippen LogP contribution in [0.15, 0.2) is 60.9 Å². The van der Waals surface area contributed by atoms with Gasteiger partial charge in [0.1, 0.15) is 29.8 Å². The Bertz CT molecular complexity index is 1140. The van der Waals surface area contributed by atoms with Crippen molar-refractivity contribution in [3.63, 3.8) is 0 Å². The first-order chi connectivity index (χ1) is 17.0. The summed E-state index contributed by atoms with van der Waals surface area (Å²) >= 11 is 0. The number of aryl methyl sites for hydroxylation is 1. The molecule has 3 aromatic rings. The summed E-state index contributed by atoms with van der Waals surface area (Å²) in [6.45, 7) is 1.71. The van der Waals surface area contributed by atoms with Crippen LogP contribution in [-0.4, -0.2) is 60.7 Å². The summed E-state index contributed by atoms with van der Waals surface area (Å²) in [5.41, 5.74) is 3.86. The van der Waals surface area contributed by atoms with E-state index in [4.69, 9.17) is 14.2 Å². The third-order valence-corrected chi connectivity index (χ3v) is 5.96. The molecule has 0 spiro atoms. The van der Waals surface area contributed by atoms with E-state index in [1.54, 1.807) is 37.7 Å². The number of pyridine rings is 1. The van der Waals surface area contributed by atoms with E-state index in [0.717, 1.165) is 40.8 Å². The fourth-order valence-corrected chi connectivity index (χ4v) is 4.07. The van der Waals surface area contributed by atoms with Crippen LogP contribution in [0.25, 0.3) is 11.1 Å². The van der Waals surface area contributed by atoms with Gasteiger partial charge in [0, 0.05) is 38.2 Å². The molecule has 4 rings (SSSR count). The highest BCUT2D eigenvalue weighted by atomic mass is 16.5. The summed E-state index contributed by atoms with van der Waals surface area (Å²) in [5.74, 6) is 0.134. The molecular formula is C27H30N2O6. The number of aliphatic hydroxyl groups excluding tert-OH is 1. The molecule has 0 bridgehead atoms. The van der Waals surface area contributed by atoms with Gasteiger partial charge in [-0.05, 0) is 59.9 Å². The zero-order chi connectivity index (χ0) is 24.6. The molecule has 8 nitrogen and oxygen atoms in total.